The molecular formula is C18H17N3O4. The van der Waals surface area contributed by atoms with Crippen LogP contribution in [0.15, 0.2) is 46.4 Å². The van der Waals surface area contributed by atoms with E-state index in [1.54, 1.807) is 24.3 Å². The zero-order valence-electron chi connectivity index (χ0n) is 13.9. The van der Waals surface area contributed by atoms with Crippen LogP contribution in [-0.4, -0.2) is 16.9 Å². The maximum Gasteiger partial charge on any atom is 0.269 e. The number of hydrogen-bond acceptors (Lipinski definition) is 5. The van der Waals surface area contributed by atoms with E-state index >= 15 is 0 Å². The SMILES string of the molecule is CC[C@@H](C)NC(=O)/C(C#N)=C/c1ccc(-c2ccc([N+](=O)[O-])cc2)o1. The van der Waals surface area contributed by atoms with E-state index in [1.807, 2.05) is 19.9 Å². The third-order valence-electron chi connectivity index (χ3n) is 3.63. The Balaban J connectivity index is 2.20. The second-order valence-corrected chi connectivity index (χ2v) is 5.46. The summed E-state index contributed by atoms with van der Waals surface area (Å²) in [5.74, 6) is 0.384. The van der Waals surface area contributed by atoms with Crippen LogP contribution in [0.2, 0.25) is 0 Å². The Morgan fingerprint density at radius 1 is 1.36 bits per heavy atom. The fourth-order valence-corrected chi connectivity index (χ4v) is 2.03. The Kier molecular flexibility index (Phi) is 5.69. The Labute approximate surface area is 144 Å². The highest BCUT2D eigenvalue weighted by Crippen LogP contribution is 2.25. The summed E-state index contributed by atoms with van der Waals surface area (Å²) in [5, 5.41) is 22.6. The first-order valence-electron chi connectivity index (χ1n) is 7.72. The summed E-state index contributed by atoms with van der Waals surface area (Å²) in [7, 11) is 0. The minimum absolute atomic E-state index is 0.0103. The third kappa shape index (κ3) is 4.54. The Bertz CT molecular complexity index is 844. The summed E-state index contributed by atoms with van der Waals surface area (Å²) in [4.78, 5) is 22.2. The standard InChI is InChI=1S/C18H17N3O4/c1-3-12(2)20-18(22)14(11-19)10-16-8-9-17(25-16)13-4-6-15(7-5-13)21(23)24/h4-10,12H,3H2,1-2H3,(H,20,22)/b14-10+/t12-/m1/s1. The van der Waals surface area contributed by atoms with E-state index in [1.165, 1.54) is 18.2 Å². The lowest BCUT2D eigenvalue weighted by molar-refractivity contribution is -0.384. The molecule has 7 heteroatoms. The second kappa shape index (κ2) is 7.93. The van der Waals surface area contributed by atoms with E-state index in [0.717, 1.165) is 6.42 Å². The van der Waals surface area contributed by atoms with Gasteiger partial charge in [-0.1, -0.05) is 6.92 Å². The summed E-state index contributed by atoms with van der Waals surface area (Å²) in [6.07, 6.45) is 2.13. The van der Waals surface area contributed by atoms with Gasteiger partial charge in [-0.2, -0.15) is 5.26 Å². The number of benzene rings is 1. The molecule has 1 amide bonds. The number of nitriles is 1. The maximum atomic E-state index is 12.0. The molecule has 0 radical (unpaired) electrons. The Morgan fingerprint density at radius 2 is 2.04 bits per heavy atom. The number of nitrogens with one attached hydrogen (secondary N) is 1. The minimum atomic E-state index is -0.477. The van der Waals surface area contributed by atoms with Gasteiger partial charge in [-0.05, 0) is 37.6 Å². The van der Waals surface area contributed by atoms with Crippen molar-refractivity contribution in [1.29, 1.82) is 5.26 Å². The average Bonchev–Trinajstić information content (AvgIpc) is 3.08. The molecule has 1 aromatic heterocycles. The molecule has 1 heterocycles. The molecule has 1 N–H and O–H groups in total. The summed E-state index contributed by atoms with van der Waals surface area (Å²) >= 11 is 0. The van der Waals surface area contributed by atoms with Crippen LogP contribution in [0, 0.1) is 21.4 Å². The smallest absolute Gasteiger partial charge is 0.269 e. The van der Waals surface area contributed by atoms with Crippen LogP contribution in [0.3, 0.4) is 0 Å². The third-order valence-corrected chi connectivity index (χ3v) is 3.63. The molecule has 25 heavy (non-hydrogen) atoms. The fourth-order valence-electron chi connectivity index (χ4n) is 2.03. The lowest BCUT2D eigenvalue weighted by atomic mass is 10.1. The van der Waals surface area contributed by atoms with Crippen molar-refractivity contribution >= 4 is 17.7 Å². The first-order valence-corrected chi connectivity index (χ1v) is 7.72. The summed E-state index contributed by atoms with van der Waals surface area (Å²) < 4.78 is 5.61. The van der Waals surface area contributed by atoms with Crippen molar-refractivity contribution in [2.75, 3.05) is 0 Å². The second-order valence-electron chi connectivity index (χ2n) is 5.46. The number of nitro groups is 1. The lowest BCUT2D eigenvalue weighted by Crippen LogP contribution is -2.32. The molecule has 0 saturated heterocycles. The molecule has 0 aliphatic carbocycles. The highest BCUT2D eigenvalue weighted by molar-refractivity contribution is 6.01. The average molecular weight is 339 g/mol. The van der Waals surface area contributed by atoms with Crippen molar-refractivity contribution in [2.24, 2.45) is 0 Å². The zero-order chi connectivity index (χ0) is 18.4. The van der Waals surface area contributed by atoms with Crippen LogP contribution in [-0.2, 0) is 4.79 Å². The van der Waals surface area contributed by atoms with Gasteiger partial charge in [0.25, 0.3) is 11.6 Å². The van der Waals surface area contributed by atoms with Crippen LogP contribution >= 0.6 is 0 Å². The van der Waals surface area contributed by atoms with E-state index in [9.17, 15) is 14.9 Å². The van der Waals surface area contributed by atoms with Crippen LogP contribution in [0.1, 0.15) is 26.0 Å². The lowest BCUT2D eigenvalue weighted by Gasteiger charge is -2.09. The van der Waals surface area contributed by atoms with Gasteiger partial charge in [0.1, 0.15) is 23.2 Å². The van der Waals surface area contributed by atoms with Crippen molar-refractivity contribution < 1.29 is 14.1 Å². The zero-order valence-corrected chi connectivity index (χ0v) is 13.9. The number of non-ortho nitro benzene ring substituents is 1. The number of carbonyl (C=O) groups is 1. The van der Waals surface area contributed by atoms with E-state index in [2.05, 4.69) is 5.32 Å². The van der Waals surface area contributed by atoms with Gasteiger partial charge < -0.3 is 9.73 Å². The molecule has 0 spiro atoms. The molecule has 0 bridgehead atoms. The minimum Gasteiger partial charge on any atom is -0.457 e. The highest BCUT2D eigenvalue weighted by atomic mass is 16.6. The first kappa shape index (κ1) is 17.9. The quantitative estimate of drug-likeness (QED) is 0.374. The van der Waals surface area contributed by atoms with Gasteiger partial charge in [0, 0.05) is 29.8 Å². The molecule has 0 aliphatic rings. The van der Waals surface area contributed by atoms with Crippen LogP contribution in [0.5, 0.6) is 0 Å². The van der Waals surface area contributed by atoms with Crippen molar-refractivity contribution in [2.45, 2.75) is 26.3 Å². The molecule has 128 valence electrons. The molecule has 1 atom stereocenters. The highest BCUT2D eigenvalue weighted by Gasteiger charge is 2.13. The first-order chi connectivity index (χ1) is 11.9. The maximum absolute atomic E-state index is 12.0. The van der Waals surface area contributed by atoms with Gasteiger partial charge in [-0.15, -0.1) is 0 Å². The molecular weight excluding hydrogens is 322 g/mol. The van der Waals surface area contributed by atoms with E-state index in [0.29, 0.717) is 17.1 Å². The summed E-state index contributed by atoms with van der Waals surface area (Å²) in [6, 6.07) is 11.1. The van der Waals surface area contributed by atoms with Gasteiger partial charge in [0.2, 0.25) is 0 Å². The molecule has 7 nitrogen and oxygen atoms in total. The summed E-state index contributed by atoms with van der Waals surface area (Å²) in [5.41, 5.74) is 0.599. The molecule has 0 unspecified atom stereocenters. The number of furan rings is 1. The topological polar surface area (TPSA) is 109 Å². The van der Waals surface area contributed by atoms with Gasteiger partial charge in [0.15, 0.2) is 0 Å². The van der Waals surface area contributed by atoms with Gasteiger partial charge in [-0.25, -0.2) is 0 Å². The van der Waals surface area contributed by atoms with Crippen molar-refractivity contribution in [3.05, 3.63) is 57.8 Å². The van der Waals surface area contributed by atoms with E-state index < -0.39 is 10.8 Å². The van der Waals surface area contributed by atoms with Gasteiger partial charge in [0.05, 0.1) is 4.92 Å². The molecule has 1 aromatic carbocycles. The monoisotopic (exact) mass is 339 g/mol. The van der Waals surface area contributed by atoms with Crippen molar-refractivity contribution in [3.8, 4) is 17.4 Å². The van der Waals surface area contributed by atoms with Crippen LogP contribution in [0.4, 0.5) is 5.69 Å². The number of amides is 1. The molecule has 2 rings (SSSR count). The molecule has 2 aromatic rings. The molecule has 0 saturated carbocycles. The van der Waals surface area contributed by atoms with E-state index in [4.69, 9.17) is 9.68 Å². The van der Waals surface area contributed by atoms with Crippen molar-refractivity contribution in [3.63, 3.8) is 0 Å². The van der Waals surface area contributed by atoms with E-state index in [-0.39, 0.29) is 17.3 Å². The fraction of sp³-hybridized carbons (Fsp3) is 0.222. The van der Waals surface area contributed by atoms with Gasteiger partial charge >= 0.3 is 0 Å². The normalized spacial score (nSPS) is 12.3. The molecule has 0 fully saturated rings. The predicted octanol–water partition coefficient (Wildman–Crippen LogP) is 3.68. The number of hydrogen-bond donors (Lipinski definition) is 1. The van der Waals surface area contributed by atoms with Gasteiger partial charge in [-0.3, -0.25) is 14.9 Å². The molecule has 0 aliphatic heterocycles. The van der Waals surface area contributed by atoms with Crippen molar-refractivity contribution in [1.82, 2.24) is 5.32 Å². The largest absolute Gasteiger partial charge is 0.457 e. The summed E-state index contributed by atoms with van der Waals surface area (Å²) in [6.45, 7) is 3.79. The van der Waals surface area contributed by atoms with Crippen LogP contribution < -0.4 is 5.32 Å². The Hall–Kier alpha value is -3.40. The number of nitro benzene ring substituents is 1. The number of nitrogens with zero attached hydrogens (tertiary/aromatic N) is 2. The predicted molar refractivity (Wildman–Crippen MR) is 92.3 cm³/mol. The number of carbonyl (C=O) groups excluding carboxylic acids is 1. The van der Waals surface area contributed by atoms with Crippen LogP contribution in [0.25, 0.3) is 17.4 Å². The number of rotatable bonds is 6. The Morgan fingerprint density at radius 3 is 2.60 bits per heavy atom.